The van der Waals surface area contributed by atoms with Crippen LogP contribution in [0.15, 0.2) is 30.3 Å². The van der Waals surface area contributed by atoms with Crippen LogP contribution < -0.4 is 15.5 Å². The molecule has 0 amide bonds. The molecule has 0 radical (unpaired) electrons. The number of hydrogen-bond donors (Lipinski definition) is 2. The van der Waals surface area contributed by atoms with Gasteiger partial charge in [-0.2, -0.15) is 18.2 Å². The smallest absolute Gasteiger partial charge is 0.360 e. The first-order chi connectivity index (χ1) is 12.4. The number of nitrogens with one attached hydrogen (secondary N) is 2. The minimum absolute atomic E-state index is 0.149. The molecule has 2 aromatic rings. The van der Waals surface area contributed by atoms with E-state index in [1.54, 1.807) is 4.90 Å². The number of anilines is 2. The van der Waals surface area contributed by atoms with Crippen LogP contribution in [0.5, 0.6) is 0 Å². The molecule has 0 saturated heterocycles. The van der Waals surface area contributed by atoms with Crippen LogP contribution in [0, 0.1) is 0 Å². The Hall–Kier alpha value is -2.42. The predicted octanol–water partition coefficient (Wildman–Crippen LogP) is 3.46. The van der Waals surface area contributed by atoms with Gasteiger partial charge in [-0.3, -0.25) is 0 Å². The summed E-state index contributed by atoms with van der Waals surface area (Å²) in [4.78, 5) is 9.64. The van der Waals surface area contributed by atoms with Gasteiger partial charge in [-0.25, -0.2) is 4.98 Å². The van der Waals surface area contributed by atoms with E-state index >= 15 is 0 Å². The molecule has 2 aliphatic rings. The number of hydrogen-bond acceptors (Lipinski definition) is 4. The van der Waals surface area contributed by atoms with Crippen LogP contribution in [0.3, 0.4) is 0 Å². The standard InChI is InChI=1S/C17H16F3N5S/c18-17(19,20)13-7-14(25-8-10-3-1-2-4-11(10)9-25)23-15(22-13)24-16(26)21-12-5-6-12/h1-4,7,12H,5-6,8-9H2,(H2,21,22,23,24,26). The molecule has 1 aliphatic heterocycles. The molecule has 2 N–H and O–H groups in total. The van der Waals surface area contributed by atoms with Crippen molar-refractivity contribution in [2.45, 2.75) is 38.1 Å². The number of thiocarbonyl (C=S) groups is 1. The van der Waals surface area contributed by atoms with Gasteiger partial charge < -0.3 is 15.5 Å². The molecular weight excluding hydrogens is 363 g/mol. The summed E-state index contributed by atoms with van der Waals surface area (Å²) >= 11 is 5.13. The minimum atomic E-state index is -4.56. The third kappa shape index (κ3) is 3.72. The van der Waals surface area contributed by atoms with E-state index in [-0.39, 0.29) is 22.9 Å². The Labute approximate surface area is 153 Å². The van der Waals surface area contributed by atoms with Gasteiger partial charge in [0.25, 0.3) is 0 Å². The summed E-state index contributed by atoms with van der Waals surface area (Å²) in [6.45, 7) is 1.02. The van der Waals surface area contributed by atoms with E-state index in [4.69, 9.17) is 12.2 Å². The van der Waals surface area contributed by atoms with E-state index < -0.39 is 11.9 Å². The van der Waals surface area contributed by atoms with E-state index in [9.17, 15) is 13.2 Å². The molecule has 1 aromatic heterocycles. The summed E-state index contributed by atoms with van der Waals surface area (Å²) in [5.74, 6) is 0.0733. The Balaban J connectivity index is 1.61. The molecule has 0 unspecified atom stereocenters. The van der Waals surface area contributed by atoms with Crippen molar-refractivity contribution in [1.29, 1.82) is 0 Å². The van der Waals surface area contributed by atoms with Crippen LogP contribution in [-0.2, 0) is 19.3 Å². The molecule has 4 rings (SSSR count). The van der Waals surface area contributed by atoms with Crippen molar-refractivity contribution >= 4 is 29.1 Å². The average molecular weight is 379 g/mol. The maximum atomic E-state index is 13.3. The molecule has 2 heterocycles. The Bertz CT molecular complexity index is 826. The fourth-order valence-corrected chi connectivity index (χ4v) is 3.10. The second-order valence-electron chi connectivity index (χ2n) is 6.43. The van der Waals surface area contributed by atoms with E-state index in [2.05, 4.69) is 20.6 Å². The second kappa shape index (κ2) is 6.39. The van der Waals surface area contributed by atoms with Crippen molar-refractivity contribution in [3.63, 3.8) is 0 Å². The molecule has 0 atom stereocenters. The molecule has 26 heavy (non-hydrogen) atoms. The lowest BCUT2D eigenvalue weighted by Gasteiger charge is -2.19. The van der Waals surface area contributed by atoms with Crippen molar-refractivity contribution in [3.05, 3.63) is 47.2 Å². The van der Waals surface area contributed by atoms with Gasteiger partial charge in [0.05, 0.1) is 0 Å². The lowest BCUT2D eigenvalue weighted by atomic mass is 10.1. The predicted molar refractivity (Wildman–Crippen MR) is 95.7 cm³/mol. The Morgan fingerprint density at radius 2 is 1.77 bits per heavy atom. The molecule has 1 fully saturated rings. The zero-order chi connectivity index (χ0) is 18.3. The van der Waals surface area contributed by atoms with Crippen molar-refractivity contribution in [2.24, 2.45) is 0 Å². The fraction of sp³-hybridized carbons (Fsp3) is 0.353. The number of fused-ring (bicyclic) bond motifs is 1. The third-order valence-electron chi connectivity index (χ3n) is 4.31. The van der Waals surface area contributed by atoms with Crippen LogP contribution in [0.4, 0.5) is 24.9 Å². The SMILES string of the molecule is FC(F)(F)c1cc(N2Cc3ccccc3C2)nc(NC(=S)NC2CC2)n1. The summed E-state index contributed by atoms with van der Waals surface area (Å²) < 4.78 is 39.8. The van der Waals surface area contributed by atoms with E-state index in [1.807, 2.05) is 24.3 Å². The van der Waals surface area contributed by atoms with Crippen LogP contribution in [0.25, 0.3) is 0 Å². The largest absolute Gasteiger partial charge is 0.433 e. The highest BCUT2D eigenvalue weighted by molar-refractivity contribution is 7.80. The lowest BCUT2D eigenvalue weighted by Crippen LogP contribution is -2.31. The molecular formula is C17H16F3N5S. The highest BCUT2D eigenvalue weighted by Crippen LogP contribution is 2.33. The first-order valence-corrected chi connectivity index (χ1v) is 8.65. The van der Waals surface area contributed by atoms with Crippen molar-refractivity contribution in [1.82, 2.24) is 15.3 Å². The van der Waals surface area contributed by atoms with Crippen LogP contribution in [0.1, 0.15) is 29.7 Å². The van der Waals surface area contributed by atoms with Gasteiger partial charge in [0.15, 0.2) is 10.8 Å². The number of nitrogens with zero attached hydrogens (tertiary/aromatic N) is 3. The molecule has 136 valence electrons. The summed E-state index contributed by atoms with van der Waals surface area (Å²) in [5, 5.41) is 5.93. The summed E-state index contributed by atoms with van der Waals surface area (Å²) in [5.41, 5.74) is 1.18. The Kier molecular flexibility index (Phi) is 4.18. The summed E-state index contributed by atoms with van der Waals surface area (Å²) in [6.07, 6.45) is -2.56. The molecule has 5 nitrogen and oxygen atoms in total. The van der Waals surface area contributed by atoms with E-state index in [1.165, 1.54) is 0 Å². The van der Waals surface area contributed by atoms with Crippen LogP contribution in [-0.4, -0.2) is 21.1 Å². The van der Waals surface area contributed by atoms with Crippen LogP contribution in [0.2, 0.25) is 0 Å². The number of halogens is 3. The van der Waals surface area contributed by atoms with Gasteiger partial charge in [0.1, 0.15) is 5.82 Å². The van der Waals surface area contributed by atoms with E-state index in [0.29, 0.717) is 13.1 Å². The Morgan fingerprint density at radius 1 is 1.12 bits per heavy atom. The molecule has 0 bridgehead atoms. The Morgan fingerprint density at radius 3 is 2.35 bits per heavy atom. The maximum absolute atomic E-state index is 13.3. The van der Waals surface area contributed by atoms with Crippen molar-refractivity contribution < 1.29 is 13.2 Å². The number of benzene rings is 1. The average Bonchev–Trinajstić information content (AvgIpc) is 3.28. The first kappa shape index (κ1) is 17.0. The van der Waals surface area contributed by atoms with Gasteiger partial charge in [0.2, 0.25) is 5.95 Å². The van der Waals surface area contributed by atoms with Crippen LogP contribution >= 0.6 is 12.2 Å². The number of aromatic nitrogens is 2. The minimum Gasteiger partial charge on any atom is -0.360 e. The highest BCUT2D eigenvalue weighted by Gasteiger charge is 2.35. The molecule has 0 spiro atoms. The molecule has 9 heteroatoms. The lowest BCUT2D eigenvalue weighted by molar-refractivity contribution is -0.141. The van der Waals surface area contributed by atoms with E-state index in [0.717, 1.165) is 30.0 Å². The zero-order valence-corrected chi connectivity index (χ0v) is 14.5. The fourth-order valence-electron chi connectivity index (χ4n) is 2.84. The molecule has 1 aromatic carbocycles. The maximum Gasteiger partial charge on any atom is 0.433 e. The second-order valence-corrected chi connectivity index (χ2v) is 6.84. The normalized spacial score (nSPS) is 16.3. The first-order valence-electron chi connectivity index (χ1n) is 8.24. The third-order valence-corrected chi connectivity index (χ3v) is 4.53. The molecule has 1 saturated carbocycles. The van der Waals surface area contributed by atoms with Gasteiger partial charge >= 0.3 is 6.18 Å². The van der Waals surface area contributed by atoms with Crippen molar-refractivity contribution in [3.8, 4) is 0 Å². The summed E-state index contributed by atoms with van der Waals surface area (Å²) in [7, 11) is 0. The topological polar surface area (TPSA) is 53.1 Å². The highest BCUT2D eigenvalue weighted by atomic mass is 32.1. The van der Waals surface area contributed by atoms with Gasteiger partial charge in [-0.15, -0.1) is 0 Å². The molecule has 1 aliphatic carbocycles. The summed E-state index contributed by atoms with van der Waals surface area (Å²) in [6, 6.07) is 9.03. The number of alkyl halides is 3. The van der Waals surface area contributed by atoms with Gasteiger partial charge in [-0.1, -0.05) is 24.3 Å². The monoisotopic (exact) mass is 379 g/mol. The van der Waals surface area contributed by atoms with Crippen molar-refractivity contribution in [2.75, 3.05) is 10.2 Å². The zero-order valence-electron chi connectivity index (χ0n) is 13.7. The van der Waals surface area contributed by atoms with Gasteiger partial charge in [-0.05, 0) is 36.2 Å². The van der Waals surface area contributed by atoms with Gasteiger partial charge in [0, 0.05) is 25.2 Å². The quantitative estimate of drug-likeness (QED) is 0.797. The number of rotatable bonds is 3.